The Balaban J connectivity index is 3.68. The third-order valence-corrected chi connectivity index (χ3v) is 7.11. The molecular formula is C6H17BrOSi2. The molecule has 0 fully saturated rings. The van der Waals surface area contributed by atoms with E-state index in [1.54, 1.807) is 0 Å². The monoisotopic (exact) mass is 240 g/mol. The molecule has 1 unspecified atom stereocenters. The van der Waals surface area contributed by atoms with Crippen LogP contribution in [0, 0.1) is 0 Å². The van der Waals surface area contributed by atoms with Gasteiger partial charge in [-0.2, -0.15) is 0 Å². The summed E-state index contributed by atoms with van der Waals surface area (Å²) >= 11 is 3.55. The van der Waals surface area contributed by atoms with Crippen molar-refractivity contribution in [3.05, 3.63) is 0 Å². The lowest BCUT2D eigenvalue weighted by Gasteiger charge is -2.23. The molecule has 0 saturated heterocycles. The summed E-state index contributed by atoms with van der Waals surface area (Å²) in [6.07, 6.45) is 0. The van der Waals surface area contributed by atoms with E-state index in [9.17, 15) is 0 Å². The van der Waals surface area contributed by atoms with Gasteiger partial charge in [-0.25, -0.2) is 0 Å². The average molecular weight is 241 g/mol. The van der Waals surface area contributed by atoms with Crippen LogP contribution in [-0.4, -0.2) is 21.8 Å². The Bertz CT molecular complexity index is 100. The van der Waals surface area contributed by atoms with Crippen molar-refractivity contribution in [2.45, 2.75) is 37.4 Å². The number of halogens is 1. The molecule has 0 aliphatic rings. The fourth-order valence-electron chi connectivity index (χ4n) is 0.474. The molecule has 1 nitrogen and oxygen atoms in total. The van der Waals surface area contributed by atoms with E-state index in [1.165, 1.54) is 0 Å². The molecule has 0 spiro atoms. The Kier molecular flexibility index (Phi) is 4.39. The quantitative estimate of drug-likeness (QED) is 0.545. The summed E-state index contributed by atoms with van der Waals surface area (Å²) in [5, 5.41) is 0. The van der Waals surface area contributed by atoms with Crippen LogP contribution in [-0.2, 0) is 4.43 Å². The molecule has 0 bridgehead atoms. The van der Waals surface area contributed by atoms with E-state index in [2.05, 4.69) is 48.7 Å². The van der Waals surface area contributed by atoms with Gasteiger partial charge in [-0.05, 0) is 19.6 Å². The van der Waals surface area contributed by atoms with Crippen LogP contribution in [0.15, 0.2) is 0 Å². The minimum absolute atomic E-state index is 0.374. The summed E-state index contributed by atoms with van der Waals surface area (Å²) in [6, 6.07) is 0. The highest BCUT2D eigenvalue weighted by Gasteiger charge is 2.21. The summed E-state index contributed by atoms with van der Waals surface area (Å²) < 4.78 is 6.19. The van der Waals surface area contributed by atoms with Gasteiger partial charge in [-0.3, -0.25) is 0 Å². The van der Waals surface area contributed by atoms with Crippen LogP contribution in [0.3, 0.4) is 0 Å². The van der Waals surface area contributed by atoms with Crippen LogP contribution in [0.2, 0.25) is 32.7 Å². The predicted octanol–water partition coefficient (Wildman–Crippen LogP) is 2.58. The lowest BCUT2D eigenvalue weighted by atomic mass is 11.7. The molecule has 0 aliphatic carbocycles. The van der Waals surface area contributed by atoms with Gasteiger partial charge in [-0.1, -0.05) is 29.0 Å². The third-order valence-electron chi connectivity index (χ3n) is 0.990. The van der Waals surface area contributed by atoms with Crippen molar-refractivity contribution in [2.75, 3.05) is 0 Å². The smallest absolute Gasteiger partial charge is 0.184 e. The van der Waals surface area contributed by atoms with Gasteiger partial charge in [0.05, 0.1) is 13.4 Å². The Morgan fingerprint density at radius 3 is 1.80 bits per heavy atom. The zero-order valence-electron chi connectivity index (χ0n) is 7.44. The summed E-state index contributed by atoms with van der Waals surface area (Å²) in [6.45, 7) is 11.2. The van der Waals surface area contributed by atoms with Crippen molar-refractivity contribution in [3.63, 3.8) is 0 Å². The highest BCUT2D eigenvalue weighted by Crippen LogP contribution is 2.14. The van der Waals surface area contributed by atoms with E-state index >= 15 is 0 Å². The predicted molar refractivity (Wildman–Crippen MR) is 56.0 cm³/mol. The van der Waals surface area contributed by atoms with Crippen molar-refractivity contribution in [1.29, 1.82) is 0 Å². The second-order valence-electron chi connectivity index (χ2n) is 3.83. The molecule has 0 aromatic carbocycles. The van der Waals surface area contributed by atoms with E-state index < -0.39 is 17.1 Å². The zero-order valence-corrected chi connectivity index (χ0v) is 11.2. The van der Waals surface area contributed by atoms with Crippen molar-refractivity contribution in [3.8, 4) is 0 Å². The zero-order chi connectivity index (χ0) is 8.36. The van der Waals surface area contributed by atoms with Crippen LogP contribution in [0.25, 0.3) is 0 Å². The van der Waals surface area contributed by atoms with Crippen molar-refractivity contribution in [2.24, 2.45) is 0 Å². The van der Waals surface area contributed by atoms with Crippen molar-refractivity contribution in [1.82, 2.24) is 0 Å². The molecule has 0 aromatic heterocycles. The fraction of sp³-hybridized carbons (Fsp3) is 1.00. The maximum atomic E-state index is 5.82. The van der Waals surface area contributed by atoms with E-state index in [0.29, 0.717) is 4.64 Å². The summed E-state index contributed by atoms with van der Waals surface area (Å²) in [5.41, 5.74) is 0. The number of hydrogen-bond acceptors (Lipinski definition) is 1. The SMILES string of the molecule is C[SiH](C)C(Br)O[Si](C)(C)C. The first-order chi connectivity index (χ1) is 4.33. The molecule has 10 heavy (non-hydrogen) atoms. The molecule has 0 rings (SSSR count). The van der Waals surface area contributed by atoms with E-state index in [0.717, 1.165) is 0 Å². The first-order valence-electron chi connectivity index (χ1n) is 3.65. The molecular weight excluding hydrogens is 224 g/mol. The molecule has 0 radical (unpaired) electrons. The molecule has 0 aliphatic heterocycles. The number of hydrogen-bond donors (Lipinski definition) is 0. The van der Waals surface area contributed by atoms with Gasteiger partial charge >= 0.3 is 0 Å². The molecule has 62 valence electrons. The maximum Gasteiger partial charge on any atom is 0.184 e. The molecule has 0 N–H and O–H groups in total. The van der Waals surface area contributed by atoms with Gasteiger partial charge in [-0.15, -0.1) is 0 Å². The molecule has 0 heterocycles. The van der Waals surface area contributed by atoms with Crippen LogP contribution in [0.4, 0.5) is 0 Å². The first kappa shape index (κ1) is 10.9. The topological polar surface area (TPSA) is 9.23 Å². The second kappa shape index (κ2) is 4.04. The Morgan fingerprint density at radius 2 is 1.70 bits per heavy atom. The lowest BCUT2D eigenvalue weighted by Crippen LogP contribution is -2.34. The average Bonchev–Trinajstić information content (AvgIpc) is 1.60. The molecule has 0 amide bonds. The van der Waals surface area contributed by atoms with Gasteiger partial charge in [0.25, 0.3) is 0 Å². The Morgan fingerprint density at radius 1 is 1.30 bits per heavy atom. The van der Waals surface area contributed by atoms with Crippen molar-refractivity contribution < 1.29 is 4.43 Å². The standard InChI is InChI=1S/C6H17BrOSi2/c1-9(2)6(7)8-10(3,4)5/h6,9H,1-5H3. The maximum absolute atomic E-state index is 5.82. The highest BCUT2D eigenvalue weighted by molar-refractivity contribution is 9.10. The largest absolute Gasteiger partial charge is 0.409 e. The molecule has 0 saturated carbocycles. The Hall–Kier alpha value is 0.874. The van der Waals surface area contributed by atoms with Gasteiger partial charge in [0.1, 0.15) is 0 Å². The van der Waals surface area contributed by atoms with Crippen molar-refractivity contribution >= 4 is 33.0 Å². The van der Waals surface area contributed by atoms with E-state index in [1.807, 2.05) is 0 Å². The van der Waals surface area contributed by atoms with Gasteiger partial charge in [0.2, 0.25) is 0 Å². The number of rotatable bonds is 3. The molecule has 4 heteroatoms. The third kappa shape index (κ3) is 5.64. The molecule has 1 atom stereocenters. The highest BCUT2D eigenvalue weighted by atomic mass is 79.9. The van der Waals surface area contributed by atoms with Crippen LogP contribution in [0.1, 0.15) is 0 Å². The summed E-state index contributed by atoms with van der Waals surface area (Å²) in [4.78, 5) is 0. The van der Waals surface area contributed by atoms with Gasteiger partial charge in [0, 0.05) is 0 Å². The van der Waals surface area contributed by atoms with Crippen LogP contribution in [0.5, 0.6) is 0 Å². The summed E-state index contributed by atoms with van der Waals surface area (Å²) in [5.74, 6) is 0. The first-order valence-corrected chi connectivity index (χ1v) is 10.9. The minimum atomic E-state index is -1.30. The summed E-state index contributed by atoms with van der Waals surface area (Å²) in [7, 11) is -1.93. The second-order valence-corrected chi connectivity index (χ2v) is 13.3. The number of alkyl halides is 1. The lowest BCUT2D eigenvalue weighted by molar-refractivity contribution is 0.353. The van der Waals surface area contributed by atoms with E-state index in [4.69, 9.17) is 4.43 Å². The minimum Gasteiger partial charge on any atom is -0.409 e. The fourth-order valence-corrected chi connectivity index (χ4v) is 5.14. The molecule has 0 aromatic rings. The van der Waals surface area contributed by atoms with Gasteiger partial charge in [0.15, 0.2) is 8.32 Å². The van der Waals surface area contributed by atoms with E-state index in [-0.39, 0.29) is 0 Å². The van der Waals surface area contributed by atoms with Crippen LogP contribution >= 0.6 is 15.9 Å². The normalized spacial score (nSPS) is 15.9. The Labute approximate surface area is 75.0 Å². The van der Waals surface area contributed by atoms with Crippen LogP contribution < -0.4 is 0 Å². The van der Waals surface area contributed by atoms with Gasteiger partial charge < -0.3 is 4.43 Å².